The van der Waals surface area contributed by atoms with Crippen molar-refractivity contribution in [1.82, 2.24) is 4.90 Å². The molecule has 0 aliphatic heterocycles. The zero-order chi connectivity index (χ0) is 13.8. The van der Waals surface area contributed by atoms with E-state index in [-0.39, 0.29) is 12.0 Å². The summed E-state index contributed by atoms with van der Waals surface area (Å²) < 4.78 is 10.1. The van der Waals surface area contributed by atoms with Gasteiger partial charge in [0.2, 0.25) is 0 Å². The maximum Gasteiger partial charge on any atom is 0.322 e. The van der Waals surface area contributed by atoms with Crippen molar-refractivity contribution in [2.45, 2.75) is 38.4 Å². The number of hydrogen-bond donors (Lipinski definition) is 0. The van der Waals surface area contributed by atoms with Crippen molar-refractivity contribution >= 4 is 5.97 Å². The Morgan fingerprint density at radius 1 is 1.42 bits per heavy atom. The van der Waals surface area contributed by atoms with Crippen LogP contribution in [-0.4, -0.2) is 37.2 Å². The summed E-state index contributed by atoms with van der Waals surface area (Å²) in [5.74, 6) is 0.675. The largest absolute Gasteiger partial charge is 0.497 e. The lowest BCUT2D eigenvalue weighted by Crippen LogP contribution is -2.40. The molecule has 1 saturated carbocycles. The summed E-state index contributed by atoms with van der Waals surface area (Å²) in [7, 11) is 3.10. The number of benzene rings is 1. The molecule has 1 aromatic carbocycles. The smallest absolute Gasteiger partial charge is 0.322 e. The lowest BCUT2D eigenvalue weighted by molar-refractivity contribution is -0.146. The molecule has 1 atom stereocenters. The molecule has 0 saturated heterocycles. The van der Waals surface area contributed by atoms with Gasteiger partial charge < -0.3 is 9.47 Å². The van der Waals surface area contributed by atoms with Crippen LogP contribution in [0.3, 0.4) is 0 Å². The number of hydrogen-bond acceptors (Lipinski definition) is 4. The molecule has 0 heterocycles. The quantitative estimate of drug-likeness (QED) is 0.738. The summed E-state index contributed by atoms with van der Waals surface area (Å²) in [6.07, 6.45) is 2.32. The zero-order valence-electron chi connectivity index (χ0n) is 11.8. The van der Waals surface area contributed by atoms with Crippen molar-refractivity contribution < 1.29 is 14.3 Å². The summed E-state index contributed by atoms with van der Waals surface area (Å²) in [4.78, 5) is 13.9. The molecular formula is C15H21NO3. The van der Waals surface area contributed by atoms with Gasteiger partial charge in [-0.1, -0.05) is 12.1 Å². The predicted molar refractivity (Wildman–Crippen MR) is 73.0 cm³/mol. The molecule has 0 amide bonds. The summed E-state index contributed by atoms with van der Waals surface area (Å²) >= 11 is 0. The van der Waals surface area contributed by atoms with Crippen LogP contribution in [0.4, 0.5) is 0 Å². The van der Waals surface area contributed by atoms with Crippen LogP contribution in [0.25, 0.3) is 0 Å². The van der Waals surface area contributed by atoms with E-state index in [2.05, 4.69) is 11.0 Å². The maximum atomic E-state index is 11.7. The Labute approximate surface area is 114 Å². The van der Waals surface area contributed by atoms with Crippen molar-refractivity contribution in [2.24, 2.45) is 0 Å². The predicted octanol–water partition coefficient (Wildman–Crippen LogP) is 2.22. The average molecular weight is 263 g/mol. The highest BCUT2D eigenvalue weighted by atomic mass is 16.5. The van der Waals surface area contributed by atoms with E-state index in [1.165, 1.54) is 7.11 Å². The number of carbonyl (C=O) groups is 1. The van der Waals surface area contributed by atoms with Gasteiger partial charge >= 0.3 is 5.97 Å². The van der Waals surface area contributed by atoms with Crippen molar-refractivity contribution in [3.63, 3.8) is 0 Å². The third kappa shape index (κ3) is 3.47. The molecule has 19 heavy (non-hydrogen) atoms. The van der Waals surface area contributed by atoms with Crippen LogP contribution in [0.15, 0.2) is 24.3 Å². The summed E-state index contributed by atoms with van der Waals surface area (Å²) in [5.41, 5.74) is 1.15. The fourth-order valence-electron chi connectivity index (χ4n) is 2.28. The molecule has 2 rings (SSSR count). The van der Waals surface area contributed by atoms with E-state index in [1.807, 2.05) is 25.1 Å². The first-order chi connectivity index (χ1) is 9.15. The third-order valence-corrected chi connectivity index (χ3v) is 3.55. The molecule has 0 unspecified atom stereocenters. The van der Waals surface area contributed by atoms with Crippen LogP contribution in [0.2, 0.25) is 0 Å². The molecule has 4 nitrogen and oxygen atoms in total. The molecule has 0 bridgehead atoms. The number of esters is 1. The van der Waals surface area contributed by atoms with Crippen LogP contribution in [0, 0.1) is 0 Å². The van der Waals surface area contributed by atoms with Crippen LogP contribution >= 0.6 is 0 Å². The average Bonchev–Trinajstić information content (AvgIpc) is 3.28. The minimum absolute atomic E-state index is 0.171. The van der Waals surface area contributed by atoms with E-state index in [1.54, 1.807) is 7.11 Å². The molecule has 0 spiro atoms. The standard InChI is InChI=1S/C15H21NO3/c1-11(15(17)19-3)16(13-7-8-13)10-12-5-4-6-14(9-12)18-2/h4-6,9,11,13H,7-8,10H2,1-3H3/t11-/m1/s1. The van der Waals surface area contributed by atoms with Gasteiger partial charge in [0.25, 0.3) is 0 Å². The molecule has 4 heteroatoms. The monoisotopic (exact) mass is 263 g/mol. The second kappa shape index (κ2) is 6.06. The molecule has 104 valence electrons. The molecule has 0 radical (unpaired) electrons. The van der Waals surface area contributed by atoms with Gasteiger partial charge in [0, 0.05) is 12.6 Å². The first-order valence-corrected chi connectivity index (χ1v) is 6.62. The topological polar surface area (TPSA) is 38.8 Å². The van der Waals surface area contributed by atoms with Crippen LogP contribution in [0.5, 0.6) is 5.75 Å². The van der Waals surface area contributed by atoms with Gasteiger partial charge in [-0.05, 0) is 37.5 Å². The second-order valence-corrected chi connectivity index (χ2v) is 4.95. The first kappa shape index (κ1) is 13.9. The number of carbonyl (C=O) groups excluding carboxylic acids is 1. The molecule has 0 aromatic heterocycles. The van der Waals surface area contributed by atoms with Gasteiger partial charge in [-0.2, -0.15) is 0 Å². The first-order valence-electron chi connectivity index (χ1n) is 6.62. The van der Waals surface area contributed by atoms with Crippen molar-refractivity contribution in [2.75, 3.05) is 14.2 Å². The Morgan fingerprint density at radius 2 is 2.16 bits per heavy atom. The van der Waals surface area contributed by atoms with E-state index in [0.717, 1.165) is 30.7 Å². The number of ether oxygens (including phenoxy) is 2. The Hall–Kier alpha value is -1.55. The van der Waals surface area contributed by atoms with E-state index in [9.17, 15) is 4.79 Å². The maximum absolute atomic E-state index is 11.7. The van der Waals surface area contributed by atoms with Crippen molar-refractivity contribution in [3.8, 4) is 5.75 Å². The number of methoxy groups -OCH3 is 2. The minimum Gasteiger partial charge on any atom is -0.497 e. The van der Waals surface area contributed by atoms with E-state index >= 15 is 0 Å². The molecule has 1 fully saturated rings. The fourth-order valence-corrected chi connectivity index (χ4v) is 2.28. The van der Waals surface area contributed by atoms with Crippen LogP contribution < -0.4 is 4.74 Å². The summed E-state index contributed by atoms with van der Waals surface area (Å²) in [5, 5.41) is 0. The SMILES string of the molecule is COC(=O)[C@@H](C)N(Cc1cccc(OC)c1)C1CC1. The Morgan fingerprint density at radius 3 is 2.74 bits per heavy atom. The van der Waals surface area contributed by atoms with E-state index in [0.29, 0.717) is 6.04 Å². The Bertz CT molecular complexity index is 443. The van der Waals surface area contributed by atoms with Crippen LogP contribution in [0.1, 0.15) is 25.3 Å². The molecule has 1 aliphatic carbocycles. The highest BCUT2D eigenvalue weighted by Gasteiger charge is 2.35. The van der Waals surface area contributed by atoms with Gasteiger partial charge in [-0.3, -0.25) is 9.69 Å². The van der Waals surface area contributed by atoms with Gasteiger partial charge in [0.15, 0.2) is 0 Å². The lowest BCUT2D eigenvalue weighted by atomic mass is 10.1. The number of rotatable bonds is 6. The minimum atomic E-state index is -0.205. The van der Waals surface area contributed by atoms with E-state index < -0.39 is 0 Å². The molecule has 1 aromatic rings. The van der Waals surface area contributed by atoms with Gasteiger partial charge in [-0.15, -0.1) is 0 Å². The Balaban J connectivity index is 2.09. The van der Waals surface area contributed by atoms with Gasteiger partial charge in [0.05, 0.1) is 14.2 Å². The summed E-state index contributed by atoms with van der Waals surface area (Å²) in [6.45, 7) is 2.66. The van der Waals surface area contributed by atoms with Crippen molar-refractivity contribution in [1.29, 1.82) is 0 Å². The molecule has 0 N–H and O–H groups in total. The normalized spacial score (nSPS) is 16.2. The molecular weight excluding hydrogens is 242 g/mol. The third-order valence-electron chi connectivity index (χ3n) is 3.55. The highest BCUT2D eigenvalue weighted by molar-refractivity contribution is 5.75. The van der Waals surface area contributed by atoms with Crippen LogP contribution in [-0.2, 0) is 16.1 Å². The van der Waals surface area contributed by atoms with Crippen molar-refractivity contribution in [3.05, 3.63) is 29.8 Å². The number of nitrogens with zero attached hydrogens (tertiary/aromatic N) is 1. The van der Waals surface area contributed by atoms with E-state index in [4.69, 9.17) is 9.47 Å². The lowest BCUT2D eigenvalue weighted by Gasteiger charge is -2.27. The summed E-state index contributed by atoms with van der Waals surface area (Å²) in [6, 6.07) is 8.27. The fraction of sp³-hybridized carbons (Fsp3) is 0.533. The van der Waals surface area contributed by atoms with Gasteiger partial charge in [-0.25, -0.2) is 0 Å². The molecule has 1 aliphatic rings. The second-order valence-electron chi connectivity index (χ2n) is 4.95. The Kier molecular flexibility index (Phi) is 4.43. The highest BCUT2D eigenvalue weighted by Crippen LogP contribution is 2.30. The van der Waals surface area contributed by atoms with Gasteiger partial charge in [0.1, 0.15) is 11.8 Å². The zero-order valence-corrected chi connectivity index (χ0v) is 11.8.